The fourth-order valence-electron chi connectivity index (χ4n) is 3.17. The van der Waals surface area contributed by atoms with E-state index in [1.54, 1.807) is 8.61 Å². The molecule has 22 heavy (non-hydrogen) atoms. The van der Waals surface area contributed by atoms with Gasteiger partial charge in [0, 0.05) is 26.2 Å². The van der Waals surface area contributed by atoms with Crippen molar-refractivity contribution in [3.05, 3.63) is 35.4 Å². The molecule has 0 spiro atoms. The normalized spacial score (nSPS) is 26.5. The molecule has 1 unspecified atom stereocenters. The molecule has 7 heteroatoms. The van der Waals surface area contributed by atoms with Gasteiger partial charge in [-0.3, -0.25) is 0 Å². The van der Waals surface area contributed by atoms with Crippen LogP contribution in [0.4, 0.5) is 0 Å². The molecule has 2 N–H and O–H groups in total. The first-order chi connectivity index (χ1) is 9.94. The van der Waals surface area contributed by atoms with E-state index in [0.29, 0.717) is 32.7 Å². The van der Waals surface area contributed by atoms with E-state index in [1.165, 1.54) is 5.56 Å². The molecule has 3 rings (SSSR count). The second-order valence-corrected chi connectivity index (χ2v) is 8.39. The smallest absolute Gasteiger partial charge is 0.282 e. The summed E-state index contributed by atoms with van der Waals surface area (Å²) in [7, 11) is -3.37. The molecular formula is C15H24ClN3O2S. The number of fused-ring (bicyclic) bond motifs is 1. The maximum Gasteiger partial charge on any atom is 0.282 e. The van der Waals surface area contributed by atoms with Crippen LogP contribution in [-0.4, -0.2) is 43.2 Å². The van der Waals surface area contributed by atoms with Crippen molar-refractivity contribution in [3.8, 4) is 0 Å². The monoisotopic (exact) mass is 345 g/mol. The zero-order valence-corrected chi connectivity index (χ0v) is 14.5. The first-order valence-electron chi connectivity index (χ1n) is 7.47. The van der Waals surface area contributed by atoms with E-state index in [0.717, 1.165) is 18.4 Å². The second-order valence-electron chi connectivity index (χ2n) is 6.46. The van der Waals surface area contributed by atoms with Crippen molar-refractivity contribution in [3.63, 3.8) is 0 Å². The fraction of sp³-hybridized carbons (Fsp3) is 0.600. The van der Waals surface area contributed by atoms with Gasteiger partial charge in [0.05, 0.1) is 0 Å². The van der Waals surface area contributed by atoms with Gasteiger partial charge in [-0.25, -0.2) is 0 Å². The molecule has 1 aromatic carbocycles. The highest BCUT2D eigenvalue weighted by molar-refractivity contribution is 7.86. The van der Waals surface area contributed by atoms with E-state index >= 15 is 0 Å². The average Bonchev–Trinajstić information content (AvgIpc) is 2.91. The van der Waals surface area contributed by atoms with Gasteiger partial charge in [0.2, 0.25) is 0 Å². The Balaban J connectivity index is 0.00000176. The predicted molar refractivity (Wildman–Crippen MR) is 90.1 cm³/mol. The maximum absolute atomic E-state index is 12.8. The number of benzene rings is 1. The summed E-state index contributed by atoms with van der Waals surface area (Å²) >= 11 is 0. The lowest BCUT2D eigenvalue weighted by molar-refractivity contribution is 0.317. The summed E-state index contributed by atoms with van der Waals surface area (Å²) in [5.74, 6) is 0. The number of halogens is 1. The number of nitrogens with zero attached hydrogens (tertiary/aromatic N) is 2. The Morgan fingerprint density at radius 2 is 1.86 bits per heavy atom. The predicted octanol–water partition coefficient (Wildman–Crippen LogP) is 1.38. The zero-order valence-electron chi connectivity index (χ0n) is 12.9. The Morgan fingerprint density at radius 1 is 1.18 bits per heavy atom. The van der Waals surface area contributed by atoms with Crippen molar-refractivity contribution in [1.82, 2.24) is 8.61 Å². The van der Waals surface area contributed by atoms with Gasteiger partial charge in [0.1, 0.15) is 0 Å². The number of rotatable bonds is 3. The molecule has 2 aliphatic rings. The summed E-state index contributed by atoms with van der Waals surface area (Å²) < 4.78 is 28.8. The Hall–Kier alpha value is -0.660. The van der Waals surface area contributed by atoms with Crippen molar-refractivity contribution in [2.75, 3.05) is 26.2 Å². The van der Waals surface area contributed by atoms with Crippen LogP contribution in [0.25, 0.3) is 0 Å². The molecule has 5 nitrogen and oxygen atoms in total. The van der Waals surface area contributed by atoms with E-state index in [9.17, 15) is 8.42 Å². The van der Waals surface area contributed by atoms with Gasteiger partial charge in [-0.15, -0.1) is 12.4 Å². The molecule has 0 amide bonds. The lowest BCUT2D eigenvalue weighted by Crippen LogP contribution is -2.46. The third-order valence-electron chi connectivity index (χ3n) is 4.76. The van der Waals surface area contributed by atoms with Gasteiger partial charge < -0.3 is 5.73 Å². The summed E-state index contributed by atoms with van der Waals surface area (Å²) in [5.41, 5.74) is 8.08. The minimum absolute atomic E-state index is 0. The largest absolute Gasteiger partial charge is 0.330 e. The van der Waals surface area contributed by atoms with Gasteiger partial charge >= 0.3 is 0 Å². The summed E-state index contributed by atoms with van der Waals surface area (Å²) in [6, 6.07) is 8.08. The summed E-state index contributed by atoms with van der Waals surface area (Å²) in [4.78, 5) is 0. The molecular weight excluding hydrogens is 322 g/mol. The van der Waals surface area contributed by atoms with Gasteiger partial charge in [0.15, 0.2) is 0 Å². The molecule has 1 atom stereocenters. The SMILES string of the molecule is CC1(CN)CCN(S(=O)(=O)N2CCc3ccccc3C2)C1.Cl. The van der Waals surface area contributed by atoms with E-state index in [2.05, 4.69) is 13.0 Å². The Kier molecular flexibility index (Phi) is 5.19. The van der Waals surface area contributed by atoms with Gasteiger partial charge in [-0.05, 0) is 35.9 Å². The third kappa shape index (κ3) is 3.16. The minimum Gasteiger partial charge on any atom is -0.330 e. The van der Waals surface area contributed by atoms with Crippen LogP contribution in [0.2, 0.25) is 0 Å². The number of hydrogen-bond donors (Lipinski definition) is 1. The molecule has 0 radical (unpaired) electrons. The molecule has 124 valence electrons. The molecule has 1 fully saturated rings. The molecule has 0 aromatic heterocycles. The van der Waals surface area contributed by atoms with Crippen LogP contribution in [0.15, 0.2) is 24.3 Å². The molecule has 0 aliphatic carbocycles. The minimum atomic E-state index is -3.37. The lowest BCUT2D eigenvalue weighted by atomic mass is 9.90. The van der Waals surface area contributed by atoms with Crippen LogP contribution in [0, 0.1) is 5.41 Å². The zero-order chi connectivity index (χ0) is 15.1. The highest BCUT2D eigenvalue weighted by Crippen LogP contribution is 2.32. The van der Waals surface area contributed by atoms with Gasteiger partial charge in [-0.2, -0.15) is 17.0 Å². The highest BCUT2D eigenvalue weighted by Gasteiger charge is 2.41. The fourth-order valence-corrected chi connectivity index (χ4v) is 4.92. The quantitative estimate of drug-likeness (QED) is 0.900. The third-order valence-corrected chi connectivity index (χ3v) is 6.69. The van der Waals surface area contributed by atoms with Crippen LogP contribution in [-0.2, 0) is 23.2 Å². The van der Waals surface area contributed by atoms with E-state index in [1.807, 2.05) is 18.2 Å². The van der Waals surface area contributed by atoms with Crippen molar-refractivity contribution in [2.24, 2.45) is 11.1 Å². The second kappa shape index (κ2) is 6.45. The van der Waals surface area contributed by atoms with E-state index in [-0.39, 0.29) is 17.8 Å². The first kappa shape index (κ1) is 17.7. The highest BCUT2D eigenvalue weighted by atomic mass is 35.5. The Labute approximate surface area is 139 Å². The van der Waals surface area contributed by atoms with Crippen LogP contribution < -0.4 is 5.73 Å². The van der Waals surface area contributed by atoms with Crippen molar-refractivity contribution in [1.29, 1.82) is 0 Å². The maximum atomic E-state index is 12.8. The summed E-state index contributed by atoms with van der Waals surface area (Å²) in [5, 5.41) is 0. The number of hydrogen-bond acceptors (Lipinski definition) is 3. The van der Waals surface area contributed by atoms with Gasteiger partial charge in [-0.1, -0.05) is 31.2 Å². The van der Waals surface area contributed by atoms with E-state index in [4.69, 9.17) is 5.73 Å². The molecule has 2 heterocycles. The summed E-state index contributed by atoms with van der Waals surface area (Å²) in [6.07, 6.45) is 1.63. The molecule has 0 bridgehead atoms. The Morgan fingerprint density at radius 3 is 2.50 bits per heavy atom. The van der Waals surface area contributed by atoms with Crippen LogP contribution >= 0.6 is 12.4 Å². The lowest BCUT2D eigenvalue weighted by Gasteiger charge is -2.32. The number of nitrogens with two attached hydrogens (primary N) is 1. The molecule has 1 saturated heterocycles. The van der Waals surface area contributed by atoms with Crippen LogP contribution in [0.1, 0.15) is 24.5 Å². The van der Waals surface area contributed by atoms with Crippen molar-refractivity contribution >= 4 is 22.6 Å². The molecule has 1 aromatic rings. The van der Waals surface area contributed by atoms with E-state index < -0.39 is 10.2 Å². The topological polar surface area (TPSA) is 66.6 Å². The van der Waals surface area contributed by atoms with Crippen LogP contribution in [0.5, 0.6) is 0 Å². The average molecular weight is 346 g/mol. The Bertz CT molecular complexity index is 637. The standard InChI is InChI=1S/C15H23N3O2S.ClH/c1-15(11-16)7-9-18(12-15)21(19,20)17-8-6-13-4-2-3-5-14(13)10-17;/h2-5H,6-12,16H2,1H3;1H. The van der Waals surface area contributed by atoms with Crippen molar-refractivity contribution in [2.45, 2.75) is 26.3 Å². The van der Waals surface area contributed by atoms with Crippen LogP contribution in [0.3, 0.4) is 0 Å². The van der Waals surface area contributed by atoms with Gasteiger partial charge in [0.25, 0.3) is 10.2 Å². The first-order valence-corrected chi connectivity index (χ1v) is 8.86. The molecule has 2 aliphatic heterocycles. The molecule has 0 saturated carbocycles. The summed E-state index contributed by atoms with van der Waals surface area (Å²) in [6.45, 7) is 4.75. The van der Waals surface area contributed by atoms with Crippen molar-refractivity contribution < 1.29 is 8.42 Å².